The Morgan fingerprint density at radius 3 is 2.21 bits per heavy atom. The van der Waals surface area contributed by atoms with Gasteiger partial charge in [-0.3, -0.25) is 14.5 Å². The van der Waals surface area contributed by atoms with E-state index in [-0.39, 0.29) is 11.8 Å². The number of piperazine rings is 1. The normalized spacial score (nSPS) is 17.4. The minimum absolute atomic E-state index is 0.0211. The van der Waals surface area contributed by atoms with Gasteiger partial charge in [0.2, 0.25) is 11.8 Å². The second kappa shape index (κ2) is 6.86. The lowest BCUT2D eigenvalue weighted by Crippen LogP contribution is -2.59. The SMILES string of the molecule is CCNC(C)(C)C(=O)N1CCN(CC(=O)NC)CC1. The fourth-order valence-corrected chi connectivity index (χ4v) is 2.30. The quantitative estimate of drug-likeness (QED) is 0.691. The molecule has 1 rings (SSSR count). The van der Waals surface area contributed by atoms with Crippen LogP contribution in [0.3, 0.4) is 0 Å². The van der Waals surface area contributed by atoms with Gasteiger partial charge in [0.05, 0.1) is 12.1 Å². The van der Waals surface area contributed by atoms with Crippen LogP contribution in [0.2, 0.25) is 0 Å². The van der Waals surface area contributed by atoms with Crippen molar-refractivity contribution in [2.45, 2.75) is 26.3 Å². The van der Waals surface area contributed by atoms with E-state index < -0.39 is 5.54 Å². The maximum atomic E-state index is 12.4. The molecule has 110 valence electrons. The van der Waals surface area contributed by atoms with Crippen LogP contribution >= 0.6 is 0 Å². The summed E-state index contributed by atoms with van der Waals surface area (Å²) < 4.78 is 0. The van der Waals surface area contributed by atoms with Crippen molar-refractivity contribution in [2.75, 3.05) is 46.3 Å². The van der Waals surface area contributed by atoms with Crippen LogP contribution in [0.5, 0.6) is 0 Å². The third kappa shape index (κ3) is 4.47. The molecular weight excluding hydrogens is 244 g/mol. The maximum absolute atomic E-state index is 12.4. The minimum Gasteiger partial charge on any atom is -0.358 e. The second-order valence-corrected chi connectivity index (χ2v) is 5.40. The van der Waals surface area contributed by atoms with E-state index in [4.69, 9.17) is 0 Å². The Bertz CT molecular complexity index is 323. The highest BCUT2D eigenvalue weighted by atomic mass is 16.2. The fraction of sp³-hybridized carbons (Fsp3) is 0.846. The highest BCUT2D eigenvalue weighted by Gasteiger charge is 2.32. The van der Waals surface area contributed by atoms with Gasteiger partial charge >= 0.3 is 0 Å². The minimum atomic E-state index is -0.516. The van der Waals surface area contributed by atoms with Crippen molar-refractivity contribution in [2.24, 2.45) is 0 Å². The molecule has 6 heteroatoms. The molecule has 0 saturated carbocycles. The molecule has 0 unspecified atom stereocenters. The highest BCUT2D eigenvalue weighted by molar-refractivity contribution is 5.85. The van der Waals surface area contributed by atoms with Gasteiger partial charge in [-0.1, -0.05) is 6.92 Å². The molecule has 0 aromatic rings. The third-order valence-corrected chi connectivity index (χ3v) is 3.46. The Morgan fingerprint density at radius 1 is 1.16 bits per heavy atom. The van der Waals surface area contributed by atoms with Gasteiger partial charge in [0.15, 0.2) is 0 Å². The summed E-state index contributed by atoms with van der Waals surface area (Å²) in [6, 6.07) is 0. The molecule has 19 heavy (non-hydrogen) atoms. The molecule has 0 aromatic heterocycles. The van der Waals surface area contributed by atoms with Crippen LogP contribution in [0, 0.1) is 0 Å². The first-order valence-corrected chi connectivity index (χ1v) is 6.88. The van der Waals surface area contributed by atoms with Gasteiger partial charge in [0.1, 0.15) is 0 Å². The molecule has 0 radical (unpaired) electrons. The lowest BCUT2D eigenvalue weighted by molar-refractivity contribution is -0.139. The number of carbonyl (C=O) groups excluding carboxylic acids is 2. The Balaban J connectivity index is 2.45. The van der Waals surface area contributed by atoms with Crippen molar-refractivity contribution in [3.05, 3.63) is 0 Å². The Morgan fingerprint density at radius 2 is 1.74 bits per heavy atom. The van der Waals surface area contributed by atoms with E-state index in [1.807, 2.05) is 25.7 Å². The van der Waals surface area contributed by atoms with Gasteiger partial charge in [-0.15, -0.1) is 0 Å². The average Bonchev–Trinajstić information content (AvgIpc) is 2.38. The first-order chi connectivity index (χ1) is 8.90. The van der Waals surface area contributed by atoms with Crippen LogP contribution in [-0.4, -0.2) is 73.5 Å². The van der Waals surface area contributed by atoms with Crippen molar-refractivity contribution in [1.82, 2.24) is 20.4 Å². The first-order valence-electron chi connectivity index (χ1n) is 6.88. The van der Waals surface area contributed by atoms with Crippen molar-refractivity contribution in [1.29, 1.82) is 0 Å². The lowest BCUT2D eigenvalue weighted by Gasteiger charge is -2.38. The Hall–Kier alpha value is -1.14. The number of likely N-dealkylation sites (N-methyl/N-ethyl adjacent to an activating group) is 2. The number of amides is 2. The van der Waals surface area contributed by atoms with Crippen LogP contribution in [0.4, 0.5) is 0 Å². The van der Waals surface area contributed by atoms with E-state index in [1.165, 1.54) is 0 Å². The summed E-state index contributed by atoms with van der Waals surface area (Å²) in [5.74, 6) is 0.154. The standard InChI is InChI=1S/C13H26N4O2/c1-5-15-13(2,3)12(19)17-8-6-16(7-9-17)10-11(18)14-4/h15H,5-10H2,1-4H3,(H,14,18). The first kappa shape index (κ1) is 15.9. The summed E-state index contributed by atoms with van der Waals surface area (Å²) >= 11 is 0. The topological polar surface area (TPSA) is 64.7 Å². The zero-order chi connectivity index (χ0) is 14.5. The zero-order valence-electron chi connectivity index (χ0n) is 12.5. The molecule has 0 atom stereocenters. The van der Waals surface area contributed by atoms with E-state index in [0.29, 0.717) is 19.6 Å². The summed E-state index contributed by atoms with van der Waals surface area (Å²) in [5, 5.41) is 5.82. The van der Waals surface area contributed by atoms with Gasteiger partial charge in [-0.05, 0) is 20.4 Å². The van der Waals surface area contributed by atoms with Crippen molar-refractivity contribution < 1.29 is 9.59 Å². The average molecular weight is 270 g/mol. The van der Waals surface area contributed by atoms with Crippen molar-refractivity contribution >= 4 is 11.8 Å². The number of nitrogens with one attached hydrogen (secondary N) is 2. The Kier molecular flexibility index (Phi) is 5.75. The molecule has 1 aliphatic rings. The summed E-state index contributed by atoms with van der Waals surface area (Å²) in [6.45, 7) is 9.88. The number of nitrogens with zero attached hydrogens (tertiary/aromatic N) is 2. The number of carbonyl (C=O) groups is 2. The maximum Gasteiger partial charge on any atom is 0.242 e. The Labute approximate surface area is 115 Å². The summed E-state index contributed by atoms with van der Waals surface area (Å²) in [5.41, 5.74) is -0.516. The summed E-state index contributed by atoms with van der Waals surface area (Å²) in [4.78, 5) is 27.6. The molecular formula is C13H26N4O2. The fourth-order valence-electron chi connectivity index (χ4n) is 2.30. The second-order valence-electron chi connectivity index (χ2n) is 5.40. The monoisotopic (exact) mass is 270 g/mol. The zero-order valence-corrected chi connectivity index (χ0v) is 12.5. The molecule has 2 amide bonds. The summed E-state index contributed by atoms with van der Waals surface area (Å²) in [6.07, 6.45) is 0. The van der Waals surface area contributed by atoms with Crippen LogP contribution in [0.1, 0.15) is 20.8 Å². The van der Waals surface area contributed by atoms with E-state index in [0.717, 1.165) is 19.6 Å². The van der Waals surface area contributed by atoms with Crippen LogP contribution in [0.15, 0.2) is 0 Å². The van der Waals surface area contributed by atoms with E-state index in [2.05, 4.69) is 15.5 Å². The summed E-state index contributed by atoms with van der Waals surface area (Å²) in [7, 11) is 1.64. The molecule has 1 aliphatic heterocycles. The molecule has 1 fully saturated rings. The molecule has 0 bridgehead atoms. The molecule has 6 nitrogen and oxygen atoms in total. The van der Waals surface area contributed by atoms with Gasteiger partial charge in [-0.2, -0.15) is 0 Å². The molecule has 1 heterocycles. The van der Waals surface area contributed by atoms with Gasteiger partial charge < -0.3 is 15.5 Å². The lowest BCUT2D eigenvalue weighted by atomic mass is 10.0. The number of rotatable bonds is 5. The molecule has 0 aliphatic carbocycles. The van der Waals surface area contributed by atoms with Gasteiger partial charge in [0, 0.05) is 33.2 Å². The number of hydrogen-bond acceptors (Lipinski definition) is 4. The van der Waals surface area contributed by atoms with E-state index in [9.17, 15) is 9.59 Å². The van der Waals surface area contributed by atoms with Gasteiger partial charge in [-0.25, -0.2) is 0 Å². The predicted molar refractivity (Wildman–Crippen MR) is 74.8 cm³/mol. The van der Waals surface area contributed by atoms with E-state index >= 15 is 0 Å². The van der Waals surface area contributed by atoms with Crippen LogP contribution < -0.4 is 10.6 Å². The van der Waals surface area contributed by atoms with Crippen LogP contribution in [-0.2, 0) is 9.59 Å². The molecule has 1 saturated heterocycles. The molecule has 2 N–H and O–H groups in total. The largest absolute Gasteiger partial charge is 0.358 e. The van der Waals surface area contributed by atoms with Gasteiger partial charge in [0.25, 0.3) is 0 Å². The van der Waals surface area contributed by atoms with Crippen molar-refractivity contribution in [3.8, 4) is 0 Å². The van der Waals surface area contributed by atoms with Crippen LogP contribution in [0.25, 0.3) is 0 Å². The van der Waals surface area contributed by atoms with Crippen molar-refractivity contribution in [3.63, 3.8) is 0 Å². The highest BCUT2D eigenvalue weighted by Crippen LogP contribution is 2.11. The predicted octanol–water partition coefficient (Wildman–Crippen LogP) is -0.735. The molecule has 0 aromatic carbocycles. The smallest absolute Gasteiger partial charge is 0.242 e. The molecule has 0 spiro atoms. The third-order valence-electron chi connectivity index (χ3n) is 3.46. The number of hydrogen-bond donors (Lipinski definition) is 2. The van der Waals surface area contributed by atoms with E-state index in [1.54, 1.807) is 7.05 Å².